The van der Waals surface area contributed by atoms with Crippen LogP contribution in [0.5, 0.6) is 0 Å². The van der Waals surface area contributed by atoms with Gasteiger partial charge in [-0.25, -0.2) is 0 Å². The molecule has 0 spiro atoms. The Morgan fingerprint density at radius 2 is 2.28 bits per heavy atom. The van der Waals surface area contributed by atoms with E-state index in [2.05, 4.69) is 17.4 Å². The van der Waals surface area contributed by atoms with E-state index in [1.54, 1.807) is 7.11 Å². The maximum Gasteiger partial charge on any atom is 0.0465 e. The molecule has 1 atom stereocenters. The molecule has 0 aliphatic heterocycles. The third-order valence-electron chi connectivity index (χ3n) is 3.42. The van der Waals surface area contributed by atoms with Gasteiger partial charge in [-0.1, -0.05) is 23.7 Å². The van der Waals surface area contributed by atoms with E-state index in [1.165, 1.54) is 18.4 Å². The minimum Gasteiger partial charge on any atom is -0.385 e. The van der Waals surface area contributed by atoms with Gasteiger partial charge in [-0.15, -0.1) is 0 Å². The smallest absolute Gasteiger partial charge is 0.0465 e. The number of ether oxygens (including phenoxy) is 1. The third-order valence-corrected chi connectivity index (χ3v) is 3.65. The molecule has 0 saturated heterocycles. The second kappa shape index (κ2) is 7.13. The average Bonchev–Trinajstić information content (AvgIpc) is 3.17. The van der Waals surface area contributed by atoms with Crippen molar-refractivity contribution in [1.82, 2.24) is 5.32 Å². The Morgan fingerprint density at radius 1 is 1.44 bits per heavy atom. The Labute approximate surface area is 115 Å². The van der Waals surface area contributed by atoms with E-state index < -0.39 is 0 Å². The summed E-state index contributed by atoms with van der Waals surface area (Å²) >= 11 is 6.03. The molecule has 0 aromatic heterocycles. The van der Waals surface area contributed by atoms with E-state index in [4.69, 9.17) is 16.3 Å². The third kappa shape index (κ3) is 4.97. The second-order valence-electron chi connectivity index (χ2n) is 5.16. The molecule has 1 aliphatic carbocycles. The van der Waals surface area contributed by atoms with Crippen molar-refractivity contribution in [3.63, 3.8) is 0 Å². The molecule has 3 heteroatoms. The summed E-state index contributed by atoms with van der Waals surface area (Å²) in [7, 11) is 1.77. The van der Waals surface area contributed by atoms with Crippen LogP contribution in [0, 0.1) is 5.92 Å². The summed E-state index contributed by atoms with van der Waals surface area (Å²) in [6.07, 6.45) is 4.86. The lowest BCUT2D eigenvalue weighted by molar-refractivity contribution is 0.176. The van der Waals surface area contributed by atoms with Gasteiger partial charge < -0.3 is 10.1 Å². The molecule has 0 amide bonds. The fourth-order valence-corrected chi connectivity index (χ4v) is 2.39. The van der Waals surface area contributed by atoms with Gasteiger partial charge in [0.1, 0.15) is 0 Å². The van der Waals surface area contributed by atoms with Gasteiger partial charge in [0.25, 0.3) is 0 Å². The van der Waals surface area contributed by atoms with Crippen LogP contribution in [0.3, 0.4) is 0 Å². The number of halogens is 1. The van der Waals surface area contributed by atoms with Gasteiger partial charge in [-0.3, -0.25) is 0 Å². The molecule has 1 N–H and O–H groups in total. The summed E-state index contributed by atoms with van der Waals surface area (Å²) in [4.78, 5) is 0. The summed E-state index contributed by atoms with van der Waals surface area (Å²) < 4.78 is 5.20. The van der Waals surface area contributed by atoms with Crippen LogP contribution < -0.4 is 5.32 Å². The van der Waals surface area contributed by atoms with Crippen LogP contribution in [0.25, 0.3) is 0 Å². The molecule has 2 rings (SSSR count). The van der Waals surface area contributed by atoms with Crippen LogP contribution in [0.4, 0.5) is 0 Å². The number of hydrogen-bond donors (Lipinski definition) is 1. The Bertz CT molecular complexity index is 365. The summed E-state index contributed by atoms with van der Waals surface area (Å²) in [6, 6.07) is 8.95. The highest BCUT2D eigenvalue weighted by Crippen LogP contribution is 2.21. The topological polar surface area (TPSA) is 21.3 Å². The van der Waals surface area contributed by atoms with Crippen LogP contribution in [-0.4, -0.2) is 26.3 Å². The molecule has 0 radical (unpaired) electrons. The summed E-state index contributed by atoms with van der Waals surface area (Å²) in [5.41, 5.74) is 1.32. The second-order valence-corrected chi connectivity index (χ2v) is 5.60. The predicted octanol–water partition coefficient (Wildman–Crippen LogP) is 3.29. The first-order chi connectivity index (χ1) is 8.78. The van der Waals surface area contributed by atoms with Crippen LogP contribution in [0.2, 0.25) is 5.02 Å². The SMILES string of the molecule is COCCC(CNC1CC1)Cc1cccc(Cl)c1. The van der Waals surface area contributed by atoms with Crippen molar-refractivity contribution >= 4 is 11.6 Å². The van der Waals surface area contributed by atoms with Gasteiger partial charge in [0.2, 0.25) is 0 Å². The van der Waals surface area contributed by atoms with E-state index >= 15 is 0 Å². The number of methoxy groups -OCH3 is 1. The highest BCUT2D eigenvalue weighted by molar-refractivity contribution is 6.30. The Kier molecular flexibility index (Phi) is 5.48. The van der Waals surface area contributed by atoms with Crippen molar-refractivity contribution in [3.05, 3.63) is 34.9 Å². The van der Waals surface area contributed by atoms with Gasteiger partial charge >= 0.3 is 0 Å². The van der Waals surface area contributed by atoms with Crippen molar-refractivity contribution < 1.29 is 4.74 Å². The number of nitrogens with one attached hydrogen (secondary N) is 1. The summed E-state index contributed by atoms with van der Waals surface area (Å²) in [5.74, 6) is 0.629. The van der Waals surface area contributed by atoms with Crippen LogP contribution in [0.1, 0.15) is 24.8 Å². The van der Waals surface area contributed by atoms with Crippen molar-refractivity contribution in [2.45, 2.75) is 31.7 Å². The minimum absolute atomic E-state index is 0.629. The Balaban J connectivity index is 1.85. The van der Waals surface area contributed by atoms with Crippen molar-refractivity contribution in [2.24, 2.45) is 5.92 Å². The lowest BCUT2D eigenvalue weighted by Crippen LogP contribution is -2.27. The Morgan fingerprint density at radius 3 is 2.94 bits per heavy atom. The van der Waals surface area contributed by atoms with E-state index in [9.17, 15) is 0 Å². The maximum absolute atomic E-state index is 6.03. The zero-order valence-corrected chi connectivity index (χ0v) is 11.7. The number of hydrogen-bond acceptors (Lipinski definition) is 2. The highest BCUT2D eigenvalue weighted by atomic mass is 35.5. The van der Waals surface area contributed by atoms with E-state index in [-0.39, 0.29) is 0 Å². The first-order valence-corrected chi connectivity index (χ1v) is 7.12. The molecule has 18 heavy (non-hydrogen) atoms. The summed E-state index contributed by atoms with van der Waals surface area (Å²) in [5, 5.41) is 4.44. The van der Waals surface area contributed by atoms with Gasteiger partial charge in [0, 0.05) is 24.8 Å². The maximum atomic E-state index is 6.03. The predicted molar refractivity (Wildman–Crippen MR) is 76.2 cm³/mol. The fourth-order valence-electron chi connectivity index (χ4n) is 2.18. The molecule has 1 aliphatic rings. The van der Waals surface area contributed by atoms with Gasteiger partial charge in [-0.2, -0.15) is 0 Å². The van der Waals surface area contributed by atoms with Gasteiger partial charge in [-0.05, 0) is 55.8 Å². The molecule has 1 aromatic carbocycles. The molecular formula is C15H22ClNO. The molecule has 1 saturated carbocycles. The first-order valence-electron chi connectivity index (χ1n) is 6.74. The number of rotatable bonds is 8. The van der Waals surface area contributed by atoms with Gasteiger partial charge in [0.05, 0.1) is 0 Å². The van der Waals surface area contributed by atoms with E-state index in [0.717, 1.165) is 37.1 Å². The largest absolute Gasteiger partial charge is 0.385 e. The first kappa shape index (κ1) is 13.9. The molecule has 0 bridgehead atoms. The molecule has 1 aromatic rings. The summed E-state index contributed by atoms with van der Waals surface area (Å²) in [6.45, 7) is 1.91. The lowest BCUT2D eigenvalue weighted by Gasteiger charge is -2.17. The normalized spacial score (nSPS) is 16.8. The fraction of sp³-hybridized carbons (Fsp3) is 0.600. The molecule has 2 nitrogen and oxygen atoms in total. The van der Waals surface area contributed by atoms with Crippen LogP contribution in [-0.2, 0) is 11.2 Å². The molecule has 1 fully saturated rings. The standard InChI is InChI=1S/C15H22ClNO/c1-18-8-7-13(11-17-15-5-6-15)9-12-3-2-4-14(16)10-12/h2-4,10,13,15,17H,5-9,11H2,1H3. The van der Waals surface area contributed by atoms with Crippen molar-refractivity contribution in [1.29, 1.82) is 0 Å². The monoisotopic (exact) mass is 267 g/mol. The van der Waals surface area contributed by atoms with Crippen molar-refractivity contribution in [2.75, 3.05) is 20.3 Å². The molecule has 100 valence electrons. The van der Waals surface area contributed by atoms with E-state index in [0.29, 0.717) is 5.92 Å². The number of benzene rings is 1. The quantitative estimate of drug-likeness (QED) is 0.780. The zero-order chi connectivity index (χ0) is 12.8. The average molecular weight is 268 g/mol. The molecule has 0 heterocycles. The van der Waals surface area contributed by atoms with Crippen LogP contribution in [0.15, 0.2) is 24.3 Å². The Hall–Kier alpha value is -0.570. The molecular weight excluding hydrogens is 246 g/mol. The zero-order valence-electron chi connectivity index (χ0n) is 11.0. The van der Waals surface area contributed by atoms with Crippen LogP contribution >= 0.6 is 11.6 Å². The van der Waals surface area contributed by atoms with Gasteiger partial charge in [0.15, 0.2) is 0 Å². The highest BCUT2D eigenvalue weighted by Gasteiger charge is 2.21. The van der Waals surface area contributed by atoms with E-state index in [1.807, 2.05) is 12.1 Å². The minimum atomic E-state index is 0.629. The lowest BCUT2D eigenvalue weighted by atomic mass is 9.96. The molecule has 1 unspecified atom stereocenters. The van der Waals surface area contributed by atoms with Crippen molar-refractivity contribution in [3.8, 4) is 0 Å².